The first-order valence-electron chi connectivity index (χ1n) is 9.81. The molecule has 0 radical (unpaired) electrons. The number of aryl methyl sites for hydroxylation is 1. The molecular weight excluding hydrogens is 482 g/mol. The predicted octanol–water partition coefficient (Wildman–Crippen LogP) is 4.79. The van der Waals surface area contributed by atoms with Crippen LogP contribution in [0.2, 0.25) is 5.02 Å². The summed E-state index contributed by atoms with van der Waals surface area (Å²) in [6.07, 6.45) is 0. The Morgan fingerprint density at radius 3 is 2.21 bits per heavy atom. The molecule has 4 aromatic rings. The van der Waals surface area contributed by atoms with Gasteiger partial charge in [-0.05, 0) is 55.5 Å². The number of hydrogen-bond donors (Lipinski definition) is 0. The second kappa shape index (κ2) is 9.08. The second-order valence-electron chi connectivity index (χ2n) is 7.12. The van der Waals surface area contributed by atoms with Crippen LogP contribution in [0.15, 0.2) is 88.7 Å². The van der Waals surface area contributed by atoms with Crippen LogP contribution in [0.4, 0.5) is 5.69 Å². The van der Waals surface area contributed by atoms with E-state index in [0.29, 0.717) is 10.7 Å². The number of benzene rings is 3. The maximum Gasteiger partial charge on any atom is 0.344 e. The van der Waals surface area contributed by atoms with E-state index in [-0.39, 0.29) is 32.6 Å². The highest BCUT2D eigenvalue weighted by molar-refractivity contribution is 7.91. The van der Waals surface area contributed by atoms with Crippen molar-refractivity contribution < 1.29 is 22.9 Å². The molecular formula is C23H16ClN3O6S. The third-order valence-electron chi connectivity index (χ3n) is 4.86. The van der Waals surface area contributed by atoms with Crippen LogP contribution < -0.4 is 4.74 Å². The molecule has 1 aromatic heterocycles. The van der Waals surface area contributed by atoms with Crippen molar-refractivity contribution in [3.63, 3.8) is 0 Å². The maximum atomic E-state index is 13.5. The van der Waals surface area contributed by atoms with Gasteiger partial charge in [0.15, 0.2) is 4.90 Å². The zero-order valence-corrected chi connectivity index (χ0v) is 19.2. The van der Waals surface area contributed by atoms with E-state index in [0.717, 1.165) is 24.3 Å². The van der Waals surface area contributed by atoms with Gasteiger partial charge in [-0.15, -0.1) is 0 Å². The fraction of sp³-hybridized carbons (Fsp3) is 0.0435. The molecule has 4 rings (SSSR count). The Bertz CT molecular complexity index is 1480. The van der Waals surface area contributed by atoms with Gasteiger partial charge in [0, 0.05) is 17.2 Å². The van der Waals surface area contributed by atoms with Gasteiger partial charge in [0.2, 0.25) is 15.7 Å². The number of nitro benzene ring substituents is 1. The Morgan fingerprint density at radius 1 is 1.00 bits per heavy atom. The van der Waals surface area contributed by atoms with Gasteiger partial charge in [0.05, 0.1) is 26.8 Å². The molecule has 0 atom stereocenters. The van der Waals surface area contributed by atoms with Crippen LogP contribution in [0.3, 0.4) is 0 Å². The Morgan fingerprint density at radius 2 is 1.62 bits per heavy atom. The highest BCUT2D eigenvalue weighted by Gasteiger charge is 2.32. The first-order chi connectivity index (χ1) is 16.2. The van der Waals surface area contributed by atoms with E-state index in [1.807, 2.05) is 0 Å². The molecule has 172 valence electrons. The molecule has 0 unspecified atom stereocenters. The molecule has 3 aromatic carbocycles. The smallest absolute Gasteiger partial charge is 0.344 e. The number of non-ortho nitro benzene ring substituents is 1. The average Bonchev–Trinajstić information content (AvgIpc) is 3.16. The lowest BCUT2D eigenvalue weighted by Gasteiger charge is -2.11. The van der Waals surface area contributed by atoms with Crippen molar-refractivity contribution in [3.05, 3.63) is 105 Å². The molecule has 0 fully saturated rings. The molecule has 0 saturated heterocycles. The van der Waals surface area contributed by atoms with E-state index >= 15 is 0 Å². The number of aromatic nitrogens is 2. The molecule has 0 saturated carbocycles. The Hall–Kier alpha value is -4.02. The Labute approximate surface area is 199 Å². The fourth-order valence-corrected chi connectivity index (χ4v) is 4.88. The number of hydrogen-bond acceptors (Lipinski definition) is 7. The second-order valence-corrected chi connectivity index (χ2v) is 9.44. The largest absolute Gasteiger partial charge is 0.402 e. The van der Waals surface area contributed by atoms with Crippen molar-refractivity contribution >= 4 is 33.1 Å². The van der Waals surface area contributed by atoms with E-state index < -0.39 is 20.7 Å². The third kappa shape index (κ3) is 4.41. The molecule has 0 N–H and O–H groups in total. The van der Waals surface area contributed by atoms with E-state index in [1.54, 1.807) is 30.3 Å². The van der Waals surface area contributed by atoms with Crippen molar-refractivity contribution in [1.82, 2.24) is 9.78 Å². The average molecular weight is 498 g/mol. The van der Waals surface area contributed by atoms with Crippen molar-refractivity contribution in [1.29, 1.82) is 0 Å². The summed E-state index contributed by atoms with van der Waals surface area (Å²) in [7, 11) is -4.27. The van der Waals surface area contributed by atoms with Crippen LogP contribution in [0.25, 0.3) is 5.69 Å². The molecule has 0 aliphatic rings. The van der Waals surface area contributed by atoms with Gasteiger partial charge in [-0.2, -0.15) is 9.78 Å². The number of rotatable bonds is 6. The van der Waals surface area contributed by atoms with Crippen molar-refractivity contribution in [3.8, 4) is 11.6 Å². The van der Waals surface area contributed by atoms with Gasteiger partial charge < -0.3 is 4.74 Å². The van der Waals surface area contributed by atoms with E-state index in [4.69, 9.17) is 16.3 Å². The molecule has 11 heteroatoms. The SMILES string of the molecule is Cc1nn(-c2ccccc2)c(OC(=O)c2ccc(Cl)cc2)c1S(=O)(=O)c1ccc([N+](=O)[O-])cc1. The number of sulfone groups is 1. The standard InChI is InChI=1S/C23H16ClN3O6S/c1-15-21(34(31,32)20-13-11-19(12-14-20)27(29)30)22(26(25-15)18-5-3-2-4-6-18)33-23(28)16-7-9-17(24)10-8-16/h2-14H,1H3. The number of para-hydroxylation sites is 1. The molecule has 0 bridgehead atoms. The fourth-order valence-electron chi connectivity index (χ4n) is 3.23. The lowest BCUT2D eigenvalue weighted by molar-refractivity contribution is -0.384. The highest BCUT2D eigenvalue weighted by Crippen LogP contribution is 2.35. The first kappa shape index (κ1) is 23.1. The third-order valence-corrected chi connectivity index (χ3v) is 7.01. The molecule has 0 aliphatic carbocycles. The van der Waals surface area contributed by atoms with Gasteiger partial charge in [0.25, 0.3) is 5.69 Å². The number of nitro groups is 1. The number of carbonyl (C=O) groups is 1. The molecule has 0 amide bonds. The summed E-state index contributed by atoms with van der Waals surface area (Å²) in [6, 6.07) is 18.9. The number of halogens is 1. The summed E-state index contributed by atoms with van der Waals surface area (Å²) in [4.78, 5) is 22.7. The first-order valence-corrected chi connectivity index (χ1v) is 11.7. The van der Waals surface area contributed by atoms with Crippen LogP contribution in [0.1, 0.15) is 16.1 Å². The zero-order chi connectivity index (χ0) is 24.5. The normalized spacial score (nSPS) is 11.2. The summed E-state index contributed by atoms with van der Waals surface area (Å²) < 4.78 is 33.9. The summed E-state index contributed by atoms with van der Waals surface area (Å²) in [5.74, 6) is -1.11. The zero-order valence-electron chi connectivity index (χ0n) is 17.6. The Kier molecular flexibility index (Phi) is 6.18. The minimum Gasteiger partial charge on any atom is -0.402 e. The summed E-state index contributed by atoms with van der Waals surface area (Å²) in [6.45, 7) is 1.47. The summed E-state index contributed by atoms with van der Waals surface area (Å²) in [5, 5.41) is 15.7. The quantitative estimate of drug-likeness (QED) is 0.213. The Balaban J connectivity index is 1.86. The van der Waals surface area contributed by atoms with Gasteiger partial charge in [0.1, 0.15) is 0 Å². The van der Waals surface area contributed by atoms with E-state index in [9.17, 15) is 23.3 Å². The van der Waals surface area contributed by atoms with E-state index in [2.05, 4.69) is 5.10 Å². The van der Waals surface area contributed by atoms with Crippen molar-refractivity contribution in [2.45, 2.75) is 16.7 Å². The van der Waals surface area contributed by atoms with Gasteiger partial charge in [-0.3, -0.25) is 10.1 Å². The van der Waals surface area contributed by atoms with Crippen LogP contribution >= 0.6 is 11.6 Å². The molecule has 0 spiro atoms. The summed E-state index contributed by atoms with van der Waals surface area (Å²) >= 11 is 5.88. The minimum atomic E-state index is -4.27. The van der Waals surface area contributed by atoms with Crippen LogP contribution in [0, 0.1) is 17.0 Å². The lowest BCUT2D eigenvalue weighted by atomic mass is 10.2. The summed E-state index contributed by atoms with van der Waals surface area (Å²) in [5.41, 5.74) is 0.447. The predicted molar refractivity (Wildman–Crippen MR) is 123 cm³/mol. The van der Waals surface area contributed by atoms with Crippen molar-refractivity contribution in [2.24, 2.45) is 0 Å². The lowest BCUT2D eigenvalue weighted by Crippen LogP contribution is -2.14. The van der Waals surface area contributed by atoms with Gasteiger partial charge >= 0.3 is 5.97 Å². The molecule has 9 nitrogen and oxygen atoms in total. The topological polar surface area (TPSA) is 121 Å². The number of ether oxygens (including phenoxy) is 1. The molecule has 34 heavy (non-hydrogen) atoms. The number of esters is 1. The highest BCUT2D eigenvalue weighted by atomic mass is 35.5. The van der Waals surface area contributed by atoms with Crippen LogP contribution in [0.5, 0.6) is 5.88 Å². The monoisotopic (exact) mass is 497 g/mol. The van der Waals surface area contributed by atoms with Crippen LogP contribution in [-0.2, 0) is 9.84 Å². The van der Waals surface area contributed by atoms with Gasteiger partial charge in [-0.1, -0.05) is 29.8 Å². The number of nitrogens with zero attached hydrogens (tertiary/aromatic N) is 3. The maximum absolute atomic E-state index is 13.5. The molecule has 1 heterocycles. The van der Waals surface area contributed by atoms with Crippen molar-refractivity contribution in [2.75, 3.05) is 0 Å². The molecule has 0 aliphatic heterocycles. The number of carbonyl (C=O) groups excluding carboxylic acids is 1. The van der Waals surface area contributed by atoms with Crippen LogP contribution in [-0.4, -0.2) is 29.1 Å². The van der Waals surface area contributed by atoms with Gasteiger partial charge in [-0.25, -0.2) is 13.2 Å². The van der Waals surface area contributed by atoms with E-state index in [1.165, 1.54) is 35.9 Å². The minimum absolute atomic E-state index is 0.0844.